The van der Waals surface area contributed by atoms with Gasteiger partial charge in [-0.05, 0) is 73.7 Å². The van der Waals surface area contributed by atoms with Gasteiger partial charge in [0, 0.05) is 44.4 Å². The molecule has 2 amide bonds. The Balaban J connectivity index is 1.31. The zero-order valence-corrected chi connectivity index (χ0v) is 23.7. The number of fused-ring (bicyclic) bond motifs is 1. The van der Waals surface area contributed by atoms with E-state index in [4.69, 9.17) is 4.74 Å². The van der Waals surface area contributed by atoms with Crippen molar-refractivity contribution in [3.63, 3.8) is 0 Å². The number of thioether (sulfide) groups is 1. The minimum atomic E-state index is -0.475. The van der Waals surface area contributed by atoms with E-state index in [1.807, 2.05) is 49.4 Å². The van der Waals surface area contributed by atoms with E-state index in [1.54, 1.807) is 72.9 Å². The number of carbonyl (C=O) groups is 3. The molecule has 0 aliphatic rings. The number of aromatic nitrogens is 1. The van der Waals surface area contributed by atoms with E-state index in [-0.39, 0.29) is 17.2 Å². The van der Waals surface area contributed by atoms with Crippen molar-refractivity contribution in [2.24, 2.45) is 0 Å². The van der Waals surface area contributed by atoms with Gasteiger partial charge in [-0.25, -0.2) is 0 Å². The number of benzene rings is 4. The van der Waals surface area contributed by atoms with Gasteiger partial charge >= 0.3 is 0 Å². The van der Waals surface area contributed by atoms with Crippen molar-refractivity contribution in [1.82, 2.24) is 10.3 Å². The van der Waals surface area contributed by atoms with E-state index in [0.717, 1.165) is 27.1 Å². The quantitative estimate of drug-likeness (QED) is 0.0899. The van der Waals surface area contributed by atoms with Gasteiger partial charge in [-0.3, -0.25) is 14.4 Å². The van der Waals surface area contributed by atoms with E-state index in [9.17, 15) is 14.4 Å². The third kappa shape index (κ3) is 7.16. The molecule has 4 aromatic carbocycles. The van der Waals surface area contributed by atoms with Crippen LogP contribution >= 0.6 is 11.8 Å². The monoisotopic (exact) mass is 575 g/mol. The molecule has 210 valence electrons. The smallest absolute Gasteiger partial charge is 0.272 e. The Labute approximate surface area is 248 Å². The molecule has 5 rings (SSSR count). The topological polar surface area (TPSA) is 100 Å². The first kappa shape index (κ1) is 28.4. The maximum atomic E-state index is 13.5. The Hall–Kier alpha value is -5.08. The van der Waals surface area contributed by atoms with Crippen LogP contribution in [0, 0.1) is 0 Å². The number of anilines is 1. The van der Waals surface area contributed by atoms with Gasteiger partial charge < -0.3 is 20.4 Å². The minimum absolute atomic E-state index is 0.00920. The average molecular weight is 576 g/mol. The fourth-order valence-electron chi connectivity index (χ4n) is 4.31. The average Bonchev–Trinajstić information content (AvgIpc) is 3.43. The molecule has 0 atom stereocenters. The van der Waals surface area contributed by atoms with Gasteiger partial charge in [-0.15, -0.1) is 11.8 Å². The zero-order chi connectivity index (χ0) is 29.3. The Bertz CT molecular complexity index is 1740. The van der Waals surface area contributed by atoms with E-state index in [1.165, 1.54) is 11.8 Å². The normalized spacial score (nSPS) is 11.2. The van der Waals surface area contributed by atoms with Crippen LogP contribution in [0.1, 0.15) is 33.2 Å². The number of hydrogen-bond acceptors (Lipinski definition) is 5. The Morgan fingerprint density at radius 1 is 0.857 bits per heavy atom. The summed E-state index contributed by atoms with van der Waals surface area (Å²) in [5.74, 6) is 0.0870. The molecule has 0 saturated carbocycles. The molecule has 0 aliphatic heterocycles. The number of amides is 2. The van der Waals surface area contributed by atoms with E-state index >= 15 is 0 Å². The fraction of sp³-hybridized carbons (Fsp3) is 0.0882. The zero-order valence-electron chi connectivity index (χ0n) is 22.9. The summed E-state index contributed by atoms with van der Waals surface area (Å²) < 4.78 is 5.44. The molecule has 7 nitrogen and oxygen atoms in total. The number of nitrogens with one attached hydrogen (secondary N) is 3. The van der Waals surface area contributed by atoms with Crippen molar-refractivity contribution in [3.05, 3.63) is 132 Å². The molecule has 0 fully saturated rings. The van der Waals surface area contributed by atoms with Crippen LogP contribution < -0.4 is 15.4 Å². The highest BCUT2D eigenvalue weighted by atomic mass is 32.2. The van der Waals surface area contributed by atoms with Gasteiger partial charge in [0.1, 0.15) is 11.4 Å². The van der Waals surface area contributed by atoms with Gasteiger partial charge in [0.05, 0.1) is 12.4 Å². The van der Waals surface area contributed by atoms with Gasteiger partial charge in [0.2, 0.25) is 0 Å². The highest BCUT2D eigenvalue weighted by molar-refractivity contribution is 8.00. The lowest BCUT2D eigenvalue weighted by atomic mass is 10.1. The van der Waals surface area contributed by atoms with Gasteiger partial charge in [0.25, 0.3) is 11.8 Å². The van der Waals surface area contributed by atoms with E-state index in [0.29, 0.717) is 23.4 Å². The summed E-state index contributed by atoms with van der Waals surface area (Å²) in [6, 6.07) is 30.8. The summed E-state index contributed by atoms with van der Waals surface area (Å²) >= 11 is 1.38. The molecule has 0 aliphatic carbocycles. The van der Waals surface area contributed by atoms with Crippen molar-refractivity contribution in [2.75, 3.05) is 17.7 Å². The molecular formula is C34H29N3O4S. The molecule has 3 N–H and O–H groups in total. The second kappa shape index (κ2) is 13.5. The number of rotatable bonds is 11. The number of aromatic amines is 1. The number of carbonyl (C=O) groups excluding carboxylic acids is 3. The van der Waals surface area contributed by atoms with Crippen LogP contribution in [0.15, 0.2) is 120 Å². The van der Waals surface area contributed by atoms with Crippen molar-refractivity contribution in [3.8, 4) is 5.75 Å². The Morgan fingerprint density at radius 2 is 1.62 bits per heavy atom. The predicted octanol–water partition coefficient (Wildman–Crippen LogP) is 6.95. The van der Waals surface area contributed by atoms with Crippen molar-refractivity contribution in [1.29, 1.82) is 0 Å². The SMILES string of the molecule is CCOc1ccc(C(=O)CSc2cccc(NC(=O)/C(=C/c3c[nH]c4ccccc34)NC(=O)c3ccccc3)c2)cc1. The molecule has 1 aromatic heterocycles. The van der Waals surface area contributed by atoms with E-state index in [2.05, 4.69) is 15.6 Å². The first-order valence-electron chi connectivity index (χ1n) is 13.4. The van der Waals surface area contributed by atoms with Crippen LogP contribution in [0.2, 0.25) is 0 Å². The maximum absolute atomic E-state index is 13.5. The second-order valence-electron chi connectivity index (χ2n) is 9.32. The summed E-state index contributed by atoms with van der Waals surface area (Å²) in [6.45, 7) is 2.48. The highest BCUT2D eigenvalue weighted by Gasteiger charge is 2.16. The third-order valence-corrected chi connectivity index (χ3v) is 7.39. The lowest BCUT2D eigenvalue weighted by Gasteiger charge is -2.12. The fourth-order valence-corrected chi connectivity index (χ4v) is 5.16. The number of para-hydroxylation sites is 1. The first-order valence-corrected chi connectivity index (χ1v) is 14.4. The number of hydrogen-bond donors (Lipinski definition) is 3. The first-order chi connectivity index (χ1) is 20.5. The molecule has 0 bridgehead atoms. The second-order valence-corrected chi connectivity index (χ2v) is 10.4. The molecule has 8 heteroatoms. The van der Waals surface area contributed by atoms with E-state index < -0.39 is 11.8 Å². The number of ether oxygens (including phenoxy) is 1. The third-order valence-electron chi connectivity index (χ3n) is 6.40. The summed E-state index contributed by atoms with van der Waals surface area (Å²) in [5.41, 5.74) is 3.36. The summed E-state index contributed by atoms with van der Waals surface area (Å²) in [6.07, 6.45) is 3.45. The highest BCUT2D eigenvalue weighted by Crippen LogP contribution is 2.25. The van der Waals surface area contributed by atoms with Gasteiger partial charge in [-0.2, -0.15) is 0 Å². The molecular weight excluding hydrogens is 546 g/mol. The molecule has 0 spiro atoms. The standard InChI is InChI=1S/C34H29N3O4S/c1-2-41-27-17-15-23(16-18-27)32(38)22-42-28-12-8-11-26(20-28)36-34(40)31(37-33(39)24-9-4-3-5-10-24)19-25-21-35-30-14-7-6-13-29(25)30/h3-21,35H,2,22H2,1H3,(H,36,40)(H,37,39)/b31-19-. The van der Waals surface area contributed by atoms with Gasteiger partial charge in [0.15, 0.2) is 5.78 Å². The van der Waals surface area contributed by atoms with Crippen LogP contribution in [-0.4, -0.2) is 34.9 Å². The lowest BCUT2D eigenvalue weighted by Crippen LogP contribution is -2.30. The molecule has 5 aromatic rings. The van der Waals surface area contributed by atoms with Crippen LogP contribution in [-0.2, 0) is 4.79 Å². The number of Topliss-reactive ketones (excluding diaryl/α,β-unsaturated/α-hetero) is 1. The Morgan fingerprint density at radius 3 is 2.40 bits per heavy atom. The minimum Gasteiger partial charge on any atom is -0.494 e. The van der Waals surface area contributed by atoms with Crippen LogP contribution in [0.3, 0.4) is 0 Å². The van der Waals surface area contributed by atoms with Crippen LogP contribution in [0.4, 0.5) is 5.69 Å². The predicted molar refractivity (Wildman–Crippen MR) is 168 cm³/mol. The Kier molecular flexibility index (Phi) is 9.16. The van der Waals surface area contributed by atoms with Crippen molar-refractivity contribution >= 4 is 52.0 Å². The number of H-pyrrole nitrogens is 1. The summed E-state index contributed by atoms with van der Waals surface area (Å²) in [4.78, 5) is 43.2. The molecule has 0 saturated heterocycles. The molecule has 0 unspecified atom stereocenters. The summed E-state index contributed by atoms with van der Waals surface area (Å²) in [5, 5.41) is 6.59. The summed E-state index contributed by atoms with van der Waals surface area (Å²) in [7, 11) is 0. The largest absolute Gasteiger partial charge is 0.494 e. The number of ketones is 1. The van der Waals surface area contributed by atoms with Crippen molar-refractivity contribution < 1.29 is 19.1 Å². The molecule has 0 radical (unpaired) electrons. The molecule has 42 heavy (non-hydrogen) atoms. The van der Waals surface area contributed by atoms with Crippen LogP contribution in [0.5, 0.6) is 5.75 Å². The van der Waals surface area contributed by atoms with Crippen molar-refractivity contribution in [2.45, 2.75) is 11.8 Å². The van der Waals surface area contributed by atoms with Gasteiger partial charge in [-0.1, -0.05) is 42.5 Å². The maximum Gasteiger partial charge on any atom is 0.272 e. The van der Waals surface area contributed by atoms with Crippen LogP contribution in [0.25, 0.3) is 17.0 Å². The lowest BCUT2D eigenvalue weighted by molar-refractivity contribution is -0.113. The molecule has 1 heterocycles.